The Morgan fingerprint density at radius 2 is 1.39 bits per heavy atom. The molecule has 6 atom stereocenters. The van der Waals surface area contributed by atoms with E-state index in [2.05, 4.69) is 123 Å². The Balaban J connectivity index is 2.16. The van der Waals surface area contributed by atoms with Gasteiger partial charge in [0.2, 0.25) is 0 Å². The molecule has 46 heavy (non-hydrogen) atoms. The monoisotopic (exact) mass is 666 g/mol. The Morgan fingerprint density at radius 1 is 0.870 bits per heavy atom. The van der Waals surface area contributed by atoms with Gasteiger partial charge >= 0.3 is 5.97 Å². The average Bonchev–Trinajstić information content (AvgIpc) is 3.77. The van der Waals surface area contributed by atoms with Crippen LogP contribution in [0, 0.1) is 11.8 Å². The van der Waals surface area contributed by atoms with E-state index < -0.39 is 34.8 Å². The van der Waals surface area contributed by atoms with Crippen LogP contribution in [0.2, 0.25) is 23.2 Å². The Bertz CT molecular complexity index is 1230. The van der Waals surface area contributed by atoms with E-state index in [-0.39, 0.29) is 40.9 Å². The Morgan fingerprint density at radius 3 is 1.83 bits per heavy atom. The summed E-state index contributed by atoms with van der Waals surface area (Å²) >= 11 is 0. The van der Waals surface area contributed by atoms with Crippen LogP contribution in [-0.2, 0) is 27.9 Å². The minimum Gasteiger partial charge on any atom is -0.456 e. The third kappa shape index (κ3) is 8.76. The highest BCUT2D eigenvalue weighted by Gasteiger charge is 2.59. The third-order valence-corrected chi connectivity index (χ3v) is 19.4. The maximum atomic E-state index is 12.8. The molecule has 1 aliphatic rings. The quantitative estimate of drug-likeness (QED) is 0.0569. The molecule has 8 heteroatoms. The second-order valence-electron chi connectivity index (χ2n) is 15.1. The van der Waals surface area contributed by atoms with Crippen molar-refractivity contribution in [1.82, 2.24) is 0 Å². The molecule has 1 saturated carbocycles. The van der Waals surface area contributed by atoms with E-state index >= 15 is 0 Å². The Labute approximate surface area is 280 Å². The van der Waals surface area contributed by atoms with Crippen LogP contribution in [0.25, 0.3) is 0 Å². The summed E-state index contributed by atoms with van der Waals surface area (Å²) in [6, 6.07) is 21.1. The van der Waals surface area contributed by atoms with Gasteiger partial charge in [-0.1, -0.05) is 115 Å². The normalized spacial score (nSPS) is 19.9. The summed E-state index contributed by atoms with van der Waals surface area (Å²) in [5.41, 5.74) is 0. The maximum Gasteiger partial charge on any atom is 0.330 e. The zero-order valence-electron chi connectivity index (χ0n) is 29.9. The molecule has 2 aromatic rings. The molecule has 0 spiro atoms. The number of carbonyl (C=O) groups is 1. The fourth-order valence-electron chi connectivity index (χ4n) is 6.40. The van der Waals surface area contributed by atoms with Gasteiger partial charge in [0.15, 0.2) is 8.32 Å². The molecular formula is C38H58O6Si2. The number of carbonyl (C=O) groups excluding carboxylic acids is 1. The van der Waals surface area contributed by atoms with Crippen molar-refractivity contribution in [2.24, 2.45) is 11.8 Å². The lowest BCUT2D eigenvalue weighted by Gasteiger charge is -2.46. The van der Waals surface area contributed by atoms with E-state index in [1.165, 1.54) is 16.4 Å². The van der Waals surface area contributed by atoms with Crippen LogP contribution in [0.4, 0.5) is 0 Å². The summed E-state index contributed by atoms with van der Waals surface area (Å²) in [7, 11) is -3.45. The molecular weight excluding hydrogens is 609 g/mol. The van der Waals surface area contributed by atoms with Crippen molar-refractivity contribution in [2.45, 2.75) is 109 Å². The van der Waals surface area contributed by atoms with E-state index in [1.807, 2.05) is 18.2 Å². The van der Waals surface area contributed by atoms with Crippen LogP contribution in [0.3, 0.4) is 0 Å². The Hall–Kier alpha value is -2.34. The molecule has 254 valence electrons. The molecule has 1 aliphatic carbocycles. The molecule has 0 bridgehead atoms. The second kappa shape index (κ2) is 15.7. The van der Waals surface area contributed by atoms with Gasteiger partial charge < -0.3 is 23.1 Å². The summed E-state index contributed by atoms with van der Waals surface area (Å²) in [4.78, 5) is 12.8. The van der Waals surface area contributed by atoms with Crippen molar-refractivity contribution in [1.29, 1.82) is 0 Å². The lowest BCUT2D eigenvalue weighted by molar-refractivity contribution is -0.149. The van der Waals surface area contributed by atoms with Crippen molar-refractivity contribution < 1.29 is 27.9 Å². The summed E-state index contributed by atoms with van der Waals surface area (Å²) < 4.78 is 32.5. The predicted molar refractivity (Wildman–Crippen MR) is 193 cm³/mol. The predicted octanol–water partition coefficient (Wildman–Crippen LogP) is 7.64. The summed E-state index contributed by atoms with van der Waals surface area (Å²) in [5.74, 6) is -0.300. The molecule has 0 aliphatic heterocycles. The Kier molecular flexibility index (Phi) is 13.0. The number of rotatable bonds is 17. The summed E-state index contributed by atoms with van der Waals surface area (Å²) in [6.07, 6.45) is 2.97. The highest BCUT2D eigenvalue weighted by molar-refractivity contribution is 6.99. The molecule has 1 fully saturated rings. The minimum absolute atomic E-state index is 0.0523. The van der Waals surface area contributed by atoms with Gasteiger partial charge in [-0.15, -0.1) is 6.58 Å². The summed E-state index contributed by atoms with van der Waals surface area (Å²) in [5, 5.41) is 2.14. The first-order chi connectivity index (χ1) is 21.5. The van der Waals surface area contributed by atoms with Gasteiger partial charge in [0.05, 0.1) is 18.3 Å². The molecule has 0 unspecified atom stereocenters. The van der Waals surface area contributed by atoms with Crippen LogP contribution in [0.1, 0.15) is 61.3 Å². The smallest absolute Gasteiger partial charge is 0.330 e. The fourth-order valence-corrected chi connectivity index (χ4v) is 12.6. The van der Waals surface area contributed by atoms with Gasteiger partial charge in [-0.05, 0) is 58.7 Å². The number of methoxy groups -OCH3 is 1. The van der Waals surface area contributed by atoms with Crippen LogP contribution >= 0.6 is 0 Å². The molecule has 0 radical (unpaired) electrons. The SMILES string of the molecule is C=CC[C@@H](OC(=O)C=C)[C@@H](O[Si](c1ccccc1)(c1ccccc1)C(C)(C)C)[C@H]1C[C@@H]1[C@@H](OCOC)[C@@H](C)O[Si](C)(C)C(C)(C)C. The van der Waals surface area contributed by atoms with Crippen molar-refractivity contribution >= 4 is 33.0 Å². The van der Waals surface area contributed by atoms with Crippen LogP contribution in [0.15, 0.2) is 86.0 Å². The molecule has 0 amide bonds. The molecule has 2 aromatic carbocycles. The van der Waals surface area contributed by atoms with Gasteiger partial charge in [0, 0.05) is 19.6 Å². The molecule has 0 N–H and O–H groups in total. The van der Waals surface area contributed by atoms with Crippen molar-refractivity contribution in [3.05, 3.63) is 86.0 Å². The van der Waals surface area contributed by atoms with E-state index in [0.717, 1.165) is 6.42 Å². The van der Waals surface area contributed by atoms with Crippen molar-refractivity contribution in [2.75, 3.05) is 13.9 Å². The van der Waals surface area contributed by atoms with Gasteiger partial charge in [-0.2, -0.15) is 0 Å². The zero-order chi connectivity index (χ0) is 34.3. The molecule has 3 rings (SSSR count). The molecule has 0 saturated heterocycles. The first-order valence-electron chi connectivity index (χ1n) is 16.5. The van der Waals surface area contributed by atoms with Crippen molar-refractivity contribution in [3.63, 3.8) is 0 Å². The van der Waals surface area contributed by atoms with Gasteiger partial charge in [0.25, 0.3) is 8.32 Å². The minimum atomic E-state index is -3.01. The standard InChI is InChI=1S/C38H58O6Si2/c1-13-21-33(42-34(39)14-2)36(32-26-31(32)35(41-27-40-10)28(3)43-45(11,12)37(4,5)6)44-46(38(7,8)9,29-22-17-15-18-23-29)30-24-19-16-20-25-30/h13-20,22-25,28,31-33,35-36H,1-2,21,26-27H2,3-12H3/t28-,31+,32+,33-,35+,36+/m1/s1. The molecule has 0 heterocycles. The molecule has 0 aromatic heterocycles. The number of hydrogen-bond acceptors (Lipinski definition) is 6. The van der Waals surface area contributed by atoms with Gasteiger partial charge in [0.1, 0.15) is 12.9 Å². The second-order valence-corrected chi connectivity index (χ2v) is 24.1. The first-order valence-corrected chi connectivity index (χ1v) is 21.4. The maximum absolute atomic E-state index is 12.8. The third-order valence-electron chi connectivity index (χ3n) is 9.79. The summed E-state index contributed by atoms with van der Waals surface area (Å²) in [6.45, 7) is 28.1. The fraction of sp³-hybridized carbons (Fsp3) is 0.553. The topological polar surface area (TPSA) is 63.2 Å². The lowest BCUT2D eigenvalue weighted by atomic mass is 10.0. The van der Waals surface area contributed by atoms with E-state index in [9.17, 15) is 4.79 Å². The van der Waals surface area contributed by atoms with E-state index in [0.29, 0.717) is 6.42 Å². The van der Waals surface area contributed by atoms with E-state index in [1.54, 1.807) is 7.11 Å². The zero-order valence-corrected chi connectivity index (χ0v) is 31.9. The average molecular weight is 667 g/mol. The van der Waals surface area contributed by atoms with Crippen molar-refractivity contribution in [3.8, 4) is 0 Å². The largest absolute Gasteiger partial charge is 0.456 e. The highest BCUT2D eigenvalue weighted by atomic mass is 28.4. The van der Waals surface area contributed by atoms with E-state index in [4.69, 9.17) is 23.1 Å². The van der Waals surface area contributed by atoms with Gasteiger partial charge in [-0.25, -0.2) is 4.79 Å². The lowest BCUT2D eigenvalue weighted by Crippen LogP contribution is -2.68. The van der Waals surface area contributed by atoms with Gasteiger partial charge in [-0.3, -0.25) is 0 Å². The molecule has 6 nitrogen and oxygen atoms in total. The number of hydrogen-bond donors (Lipinski definition) is 0. The first kappa shape index (κ1) is 38.1. The number of ether oxygens (including phenoxy) is 3. The number of benzene rings is 2. The van der Waals surface area contributed by atoms with Crippen LogP contribution in [0.5, 0.6) is 0 Å². The van der Waals surface area contributed by atoms with Crippen LogP contribution in [-0.4, -0.2) is 60.9 Å². The van der Waals surface area contributed by atoms with Crippen LogP contribution < -0.4 is 10.4 Å². The highest BCUT2D eigenvalue weighted by Crippen LogP contribution is 2.51. The number of esters is 1.